The van der Waals surface area contributed by atoms with Gasteiger partial charge in [0.05, 0.1) is 37.6 Å². The second-order valence-electron chi connectivity index (χ2n) is 5.37. The summed E-state index contributed by atoms with van der Waals surface area (Å²) in [7, 11) is -0.797. The lowest BCUT2D eigenvalue weighted by atomic mass is 9.75. The molecule has 22 heavy (non-hydrogen) atoms. The fourth-order valence-corrected chi connectivity index (χ4v) is 6.66. The molecule has 1 unspecified atom stereocenters. The minimum absolute atomic E-state index is 0.0179. The average Bonchev–Trinajstić information content (AvgIpc) is 2.46. The standard InChI is InChI=1S/C14H18ClO6P/c1-5-21-22(18)7-14(2)9(15)6-8(22)10(12(16)19-3)11(14)13(17)20-4/h6,8H,5,7H2,1-4H3/t8-,14+,22?/m0/s1. The number of allylic oxidation sites excluding steroid dienone is 2. The monoisotopic (exact) mass is 348 g/mol. The molecule has 3 atom stereocenters. The Kier molecular flexibility index (Phi) is 4.58. The molecule has 0 saturated carbocycles. The predicted molar refractivity (Wildman–Crippen MR) is 81.0 cm³/mol. The van der Waals surface area contributed by atoms with Gasteiger partial charge in [-0.15, -0.1) is 0 Å². The third kappa shape index (κ3) is 2.34. The molecule has 0 aromatic carbocycles. The summed E-state index contributed by atoms with van der Waals surface area (Å²) in [6, 6.07) is 0. The second kappa shape index (κ2) is 5.84. The van der Waals surface area contributed by atoms with Crippen molar-refractivity contribution in [1.82, 2.24) is 0 Å². The highest BCUT2D eigenvalue weighted by molar-refractivity contribution is 7.60. The smallest absolute Gasteiger partial charge is 0.335 e. The van der Waals surface area contributed by atoms with Crippen LogP contribution >= 0.6 is 19.0 Å². The molecule has 8 heteroatoms. The molecule has 0 aromatic heterocycles. The second-order valence-corrected chi connectivity index (χ2v) is 8.36. The lowest BCUT2D eigenvalue weighted by Crippen LogP contribution is -2.45. The molecule has 0 aromatic rings. The molecule has 0 radical (unpaired) electrons. The quantitative estimate of drug-likeness (QED) is 0.573. The summed E-state index contributed by atoms with van der Waals surface area (Å²) in [5.41, 5.74) is -1.85. The lowest BCUT2D eigenvalue weighted by Gasteiger charge is -2.46. The Labute approximate surface area is 133 Å². The van der Waals surface area contributed by atoms with Crippen LogP contribution < -0.4 is 0 Å². The van der Waals surface area contributed by atoms with Crippen LogP contribution in [-0.4, -0.2) is 44.6 Å². The number of ether oxygens (including phenoxy) is 2. The fraction of sp³-hybridized carbons (Fsp3) is 0.571. The van der Waals surface area contributed by atoms with Gasteiger partial charge in [0, 0.05) is 16.6 Å². The van der Waals surface area contributed by atoms with E-state index in [2.05, 4.69) is 0 Å². The number of hydrogen-bond acceptors (Lipinski definition) is 6. The van der Waals surface area contributed by atoms with Crippen LogP contribution in [0, 0.1) is 5.41 Å². The van der Waals surface area contributed by atoms with Crippen molar-refractivity contribution >= 4 is 30.9 Å². The Bertz CT molecular complexity index is 637. The van der Waals surface area contributed by atoms with E-state index in [0.717, 1.165) is 0 Å². The third-order valence-corrected chi connectivity index (χ3v) is 7.62. The zero-order chi connectivity index (χ0) is 16.7. The number of rotatable bonds is 4. The van der Waals surface area contributed by atoms with Gasteiger partial charge in [0.25, 0.3) is 0 Å². The fourth-order valence-electron chi connectivity index (χ4n) is 3.09. The minimum atomic E-state index is -3.21. The van der Waals surface area contributed by atoms with E-state index in [0.29, 0.717) is 5.03 Å². The molecule has 6 nitrogen and oxygen atoms in total. The molecule has 0 fully saturated rings. The van der Waals surface area contributed by atoms with Crippen molar-refractivity contribution in [2.45, 2.75) is 19.5 Å². The Hall–Kier alpha value is -1.10. The molecule has 2 bridgehead atoms. The summed E-state index contributed by atoms with van der Waals surface area (Å²) >= 11 is 6.28. The van der Waals surface area contributed by atoms with Crippen molar-refractivity contribution in [1.29, 1.82) is 0 Å². The zero-order valence-corrected chi connectivity index (χ0v) is 14.5. The van der Waals surface area contributed by atoms with Crippen LogP contribution in [0.3, 0.4) is 0 Å². The molecule has 3 aliphatic rings. The summed E-state index contributed by atoms with van der Waals surface area (Å²) in [4.78, 5) is 24.4. The average molecular weight is 349 g/mol. The number of hydrogen-bond donors (Lipinski definition) is 0. The molecular weight excluding hydrogens is 331 g/mol. The number of carbonyl (C=O) groups excluding carboxylic acids is 2. The van der Waals surface area contributed by atoms with E-state index in [9.17, 15) is 14.2 Å². The molecule has 2 aliphatic heterocycles. The summed E-state index contributed by atoms with van der Waals surface area (Å²) < 4.78 is 28.2. The highest BCUT2D eigenvalue weighted by Crippen LogP contribution is 2.69. The maximum absolute atomic E-state index is 13.1. The van der Waals surface area contributed by atoms with Gasteiger partial charge in [-0.1, -0.05) is 17.7 Å². The number of fused-ring (bicyclic) bond motifs is 1. The zero-order valence-electron chi connectivity index (χ0n) is 12.8. The first-order valence-corrected chi connectivity index (χ1v) is 9.03. The van der Waals surface area contributed by atoms with Gasteiger partial charge in [-0.25, -0.2) is 9.59 Å². The van der Waals surface area contributed by atoms with Crippen LogP contribution in [0.1, 0.15) is 13.8 Å². The summed E-state index contributed by atoms with van der Waals surface area (Å²) in [5, 5.41) is 0.358. The van der Waals surface area contributed by atoms with Crippen LogP contribution in [0.2, 0.25) is 0 Å². The summed E-state index contributed by atoms with van der Waals surface area (Å²) in [6.07, 6.45) is 1.58. The van der Waals surface area contributed by atoms with E-state index in [-0.39, 0.29) is 23.9 Å². The molecule has 0 N–H and O–H groups in total. The largest absolute Gasteiger partial charge is 0.466 e. The maximum atomic E-state index is 13.1. The van der Waals surface area contributed by atoms with Crippen LogP contribution in [0.15, 0.2) is 22.3 Å². The van der Waals surface area contributed by atoms with Gasteiger partial charge in [0.15, 0.2) is 0 Å². The van der Waals surface area contributed by atoms with Gasteiger partial charge in [0.2, 0.25) is 7.37 Å². The molecule has 0 saturated heterocycles. The lowest BCUT2D eigenvalue weighted by molar-refractivity contribution is -0.140. The first-order chi connectivity index (χ1) is 10.2. The maximum Gasteiger partial charge on any atom is 0.335 e. The summed E-state index contributed by atoms with van der Waals surface area (Å²) in [6.45, 7) is 3.61. The van der Waals surface area contributed by atoms with Crippen LogP contribution in [0.4, 0.5) is 0 Å². The third-order valence-electron chi connectivity index (χ3n) is 4.05. The summed E-state index contributed by atoms with van der Waals surface area (Å²) in [5.74, 6) is -1.40. The molecule has 0 amide bonds. The Morgan fingerprint density at radius 3 is 2.45 bits per heavy atom. The van der Waals surface area contributed by atoms with E-state index in [1.54, 1.807) is 13.8 Å². The highest BCUT2D eigenvalue weighted by atomic mass is 35.5. The highest BCUT2D eigenvalue weighted by Gasteiger charge is 2.59. The van der Waals surface area contributed by atoms with Crippen molar-refractivity contribution in [2.75, 3.05) is 27.0 Å². The van der Waals surface area contributed by atoms with Crippen LogP contribution in [0.5, 0.6) is 0 Å². The van der Waals surface area contributed by atoms with E-state index < -0.39 is 30.4 Å². The van der Waals surface area contributed by atoms with Crippen molar-refractivity contribution in [3.8, 4) is 0 Å². The van der Waals surface area contributed by atoms with Gasteiger partial charge < -0.3 is 14.0 Å². The van der Waals surface area contributed by atoms with Crippen LogP contribution in [-0.2, 0) is 28.2 Å². The molecule has 0 spiro atoms. The van der Waals surface area contributed by atoms with E-state index in [1.807, 2.05) is 0 Å². The SMILES string of the molecule is CCOP1(=O)C[C@]2(C)C(Cl)=C[C@H]1C(C(=O)OC)=C2C(=O)OC. The first kappa shape index (κ1) is 17.3. The normalized spacial score (nSPS) is 33.5. The number of esters is 2. The molecular formula is C14H18ClO6P. The predicted octanol–water partition coefficient (Wildman–Crippen LogP) is 2.47. The minimum Gasteiger partial charge on any atom is -0.466 e. The molecule has 3 rings (SSSR count). The molecule has 1 aliphatic carbocycles. The van der Waals surface area contributed by atoms with Gasteiger partial charge in [-0.2, -0.15) is 0 Å². The first-order valence-electron chi connectivity index (χ1n) is 6.77. The van der Waals surface area contributed by atoms with Crippen molar-refractivity contribution < 1.29 is 28.2 Å². The van der Waals surface area contributed by atoms with E-state index in [4.69, 9.17) is 25.6 Å². The number of halogens is 1. The van der Waals surface area contributed by atoms with Gasteiger partial charge >= 0.3 is 11.9 Å². The van der Waals surface area contributed by atoms with E-state index >= 15 is 0 Å². The van der Waals surface area contributed by atoms with Gasteiger partial charge in [0.1, 0.15) is 0 Å². The topological polar surface area (TPSA) is 78.9 Å². The van der Waals surface area contributed by atoms with Crippen LogP contribution in [0.25, 0.3) is 0 Å². The Morgan fingerprint density at radius 2 is 1.95 bits per heavy atom. The van der Waals surface area contributed by atoms with E-state index in [1.165, 1.54) is 20.3 Å². The van der Waals surface area contributed by atoms with Gasteiger partial charge in [-0.3, -0.25) is 4.57 Å². The van der Waals surface area contributed by atoms with Crippen molar-refractivity contribution in [2.24, 2.45) is 5.41 Å². The number of methoxy groups -OCH3 is 2. The van der Waals surface area contributed by atoms with Gasteiger partial charge in [-0.05, 0) is 13.8 Å². The Morgan fingerprint density at radius 1 is 1.36 bits per heavy atom. The van der Waals surface area contributed by atoms with Crippen molar-refractivity contribution in [3.05, 3.63) is 22.3 Å². The molecule has 2 heterocycles. The van der Waals surface area contributed by atoms with Crippen molar-refractivity contribution in [3.63, 3.8) is 0 Å². The number of carbonyl (C=O) groups is 2. The Balaban J connectivity index is 2.74. The molecule has 122 valence electrons.